The van der Waals surface area contributed by atoms with E-state index >= 15 is 0 Å². The Morgan fingerprint density at radius 1 is 1.03 bits per heavy atom. The number of fused-ring (bicyclic) bond motifs is 3. The van der Waals surface area contributed by atoms with Gasteiger partial charge in [0.1, 0.15) is 6.04 Å². The van der Waals surface area contributed by atoms with Crippen molar-refractivity contribution in [3.05, 3.63) is 41.2 Å². The lowest BCUT2D eigenvalue weighted by Gasteiger charge is -2.37. The predicted octanol–water partition coefficient (Wildman–Crippen LogP) is 3.44. The highest BCUT2D eigenvalue weighted by Gasteiger charge is 2.35. The highest BCUT2D eigenvalue weighted by Crippen LogP contribution is 2.25. The Morgan fingerprint density at radius 3 is 2.59 bits per heavy atom. The molecule has 0 N–H and O–H groups in total. The smallest absolute Gasteiger partial charge is 0.245 e. The van der Waals surface area contributed by atoms with Crippen molar-refractivity contribution in [2.75, 3.05) is 19.6 Å². The van der Waals surface area contributed by atoms with Crippen LogP contribution in [0.15, 0.2) is 24.3 Å². The van der Waals surface area contributed by atoms with Crippen LogP contribution in [0.5, 0.6) is 0 Å². The Balaban J connectivity index is 1.35. The van der Waals surface area contributed by atoms with Gasteiger partial charge in [-0.25, -0.2) is 9.50 Å². The fourth-order valence-electron chi connectivity index (χ4n) is 5.35. The van der Waals surface area contributed by atoms with Gasteiger partial charge in [0.2, 0.25) is 11.8 Å². The van der Waals surface area contributed by atoms with E-state index in [0.29, 0.717) is 19.4 Å². The first kappa shape index (κ1) is 20.9. The van der Waals surface area contributed by atoms with E-state index in [1.54, 1.807) is 0 Å². The highest BCUT2D eigenvalue weighted by molar-refractivity contribution is 5.92. The standard InChI is InChI=1S/C25H31N5O2/c1-17-19(18(2)30-24(26-17)20-9-3-4-10-21(20)27-30)12-13-23(31)29-16-6-5-11-22(29)25(32)28-14-7-8-15-28/h3-4,9-10,22H,5-8,11-16H2,1-2H3. The second kappa shape index (κ2) is 8.52. The van der Waals surface area contributed by atoms with Crippen LogP contribution in [0, 0.1) is 13.8 Å². The Labute approximate surface area is 188 Å². The molecule has 168 valence electrons. The minimum absolute atomic E-state index is 0.0757. The van der Waals surface area contributed by atoms with E-state index in [1.807, 2.05) is 52.4 Å². The molecule has 0 radical (unpaired) electrons. The summed E-state index contributed by atoms with van der Waals surface area (Å²) in [6, 6.07) is 7.74. The lowest BCUT2D eigenvalue weighted by atomic mass is 9.99. The van der Waals surface area contributed by atoms with E-state index in [0.717, 1.165) is 78.7 Å². The zero-order chi connectivity index (χ0) is 22.2. The van der Waals surface area contributed by atoms with Crippen LogP contribution in [0.25, 0.3) is 16.6 Å². The lowest BCUT2D eigenvalue weighted by Crippen LogP contribution is -2.52. The maximum atomic E-state index is 13.2. The Morgan fingerprint density at radius 2 is 1.78 bits per heavy atom. The summed E-state index contributed by atoms with van der Waals surface area (Å²) in [5.74, 6) is 0.223. The number of carbonyl (C=O) groups is 2. The quantitative estimate of drug-likeness (QED) is 0.632. The van der Waals surface area contributed by atoms with Gasteiger partial charge >= 0.3 is 0 Å². The molecule has 4 heterocycles. The van der Waals surface area contributed by atoms with Crippen molar-refractivity contribution in [1.82, 2.24) is 24.4 Å². The molecule has 2 aliphatic rings. The molecule has 1 atom stereocenters. The molecule has 0 saturated carbocycles. The van der Waals surface area contributed by atoms with Crippen LogP contribution in [-0.4, -0.2) is 61.9 Å². The summed E-state index contributed by atoms with van der Waals surface area (Å²) in [6.07, 6.45) is 5.91. The first-order valence-electron chi connectivity index (χ1n) is 11.9. The Bertz CT molecular complexity index is 1180. The number of hydrogen-bond acceptors (Lipinski definition) is 4. The normalized spacial score (nSPS) is 19.2. The lowest BCUT2D eigenvalue weighted by molar-refractivity contribution is -0.147. The SMILES string of the molecule is Cc1nc2c3ccccc3nn2c(C)c1CCC(=O)N1CCCCC1C(=O)N1CCCC1. The van der Waals surface area contributed by atoms with Gasteiger partial charge in [0.25, 0.3) is 0 Å². The average molecular weight is 434 g/mol. The molecule has 0 aliphatic carbocycles. The second-order valence-corrected chi connectivity index (χ2v) is 9.14. The molecule has 0 spiro atoms. The van der Waals surface area contributed by atoms with Gasteiger partial charge in [-0.05, 0) is 70.1 Å². The van der Waals surface area contributed by atoms with Crippen LogP contribution in [0.4, 0.5) is 0 Å². The molecule has 2 fully saturated rings. The van der Waals surface area contributed by atoms with E-state index in [1.165, 1.54) is 0 Å². The van der Waals surface area contributed by atoms with E-state index in [2.05, 4.69) is 0 Å². The fourth-order valence-corrected chi connectivity index (χ4v) is 5.35. The minimum Gasteiger partial charge on any atom is -0.341 e. The molecule has 32 heavy (non-hydrogen) atoms. The van der Waals surface area contributed by atoms with Crippen molar-refractivity contribution in [1.29, 1.82) is 0 Å². The molecule has 2 aromatic heterocycles. The summed E-state index contributed by atoms with van der Waals surface area (Å²) in [5.41, 5.74) is 4.82. The van der Waals surface area contributed by atoms with Gasteiger partial charge < -0.3 is 9.80 Å². The fraction of sp³-hybridized carbons (Fsp3) is 0.520. The number of rotatable bonds is 4. The summed E-state index contributed by atoms with van der Waals surface area (Å²) in [5, 5.41) is 5.76. The van der Waals surface area contributed by atoms with Crippen LogP contribution in [0.3, 0.4) is 0 Å². The van der Waals surface area contributed by atoms with Gasteiger partial charge in [-0.1, -0.05) is 12.1 Å². The summed E-state index contributed by atoms with van der Waals surface area (Å²) >= 11 is 0. The maximum Gasteiger partial charge on any atom is 0.245 e. The summed E-state index contributed by atoms with van der Waals surface area (Å²) in [4.78, 5) is 34.9. The van der Waals surface area contributed by atoms with Gasteiger partial charge in [0, 0.05) is 42.8 Å². The summed E-state index contributed by atoms with van der Waals surface area (Å²) < 4.78 is 1.90. The zero-order valence-electron chi connectivity index (χ0n) is 19.0. The Hall–Kier alpha value is -2.96. The van der Waals surface area contributed by atoms with E-state index in [9.17, 15) is 9.59 Å². The number of nitrogens with zero attached hydrogens (tertiary/aromatic N) is 5. The van der Waals surface area contributed by atoms with Crippen molar-refractivity contribution in [2.24, 2.45) is 0 Å². The number of aryl methyl sites for hydroxylation is 2. The molecule has 3 aromatic rings. The third-order valence-corrected chi connectivity index (χ3v) is 7.13. The molecule has 7 nitrogen and oxygen atoms in total. The van der Waals surface area contributed by atoms with Crippen molar-refractivity contribution in [3.8, 4) is 0 Å². The van der Waals surface area contributed by atoms with Gasteiger partial charge in [0.15, 0.2) is 5.65 Å². The van der Waals surface area contributed by atoms with Crippen molar-refractivity contribution in [3.63, 3.8) is 0 Å². The molecule has 1 unspecified atom stereocenters. The van der Waals surface area contributed by atoms with Crippen molar-refractivity contribution >= 4 is 28.4 Å². The second-order valence-electron chi connectivity index (χ2n) is 9.14. The van der Waals surface area contributed by atoms with E-state index in [-0.39, 0.29) is 17.9 Å². The molecule has 2 saturated heterocycles. The van der Waals surface area contributed by atoms with E-state index < -0.39 is 0 Å². The molecule has 7 heteroatoms. The maximum absolute atomic E-state index is 13.2. The van der Waals surface area contributed by atoms with Crippen LogP contribution in [-0.2, 0) is 16.0 Å². The molecule has 0 bridgehead atoms. The monoisotopic (exact) mass is 433 g/mol. The highest BCUT2D eigenvalue weighted by atomic mass is 16.2. The molecule has 2 aliphatic heterocycles. The van der Waals surface area contributed by atoms with E-state index in [4.69, 9.17) is 10.1 Å². The number of aromatic nitrogens is 3. The van der Waals surface area contributed by atoms with Gasteiger partial charge in [-0.2, -0.15) is 5.10 Å². The number of likely N-dealkylation sites (tertiary alicyclic amines) is 2. The summed E-state index contributed by atoms with van der Waals surface area (Å²) in [6.45, 7) is 6.41. The average Bonchev–Trinajstić information content (AvgIpc) is 3.47. The van der Waals surface area contributed by atoms with Gasteiger partial charge in [0.05, 0.1) is 5.52 Å². The van der Waals surface area contributed by atoms with Gasteiger partial charge in [-0.15, -0.1) is 0 Å². The number of piperidine rings is 1. The molecular weight excluding hydrogens is 402 g/mol. The van der Waals surface area contributed by atoms with Crippen LogP contribution in [0.2, 0.25) is 0 Å². The molecular formula is C25H31N5O2. The third kappa shape index (κ3) is 3.63. The van der Waals surface area contributed by atoms with Crippen LogP contribution < -0.4 is 0 Å². The van der Waals surface area contributed by atoms with Gasteiger partial charge in [-0.3, -0.25) is 9.59 Å². The van der Waals surface area contributed by atoms with Crippen LogP contribution in [0.1, 0.15) is 55.5 Å². The molecule has 2 amide bonds. The Kier molecular flexibility index (Phi) is 5.57. The zero-order valence-corrected chi connectivity index (χ0v) is 19.0. The predicted molar refractivity (Wildman–Crippen MR) is 123 cm³/mol. The number of amides is 2. The number of hydrogen-bond donors (Lipinski definition) is 0. The van der Waals surface area contributed by atoms with Crippen LogP contribution >= 0.6 is 0 Å². The topological polar surface area (TPSA) is 70.8 Å². The van der Waals surface area contributed by atoms with Crippen molar-refractivity contribution in [2.45, 2.75) is 64.8 Å². The first-order chi connectivity index (χ1) is 15.5. The largest absolute Gasteiger partial charge is 0.341 e. The number of carbonyl (C=O) groups excluding carboxylic acids is 2. The summed E-state index contributed by atoms with van der Waals surface area (Å²) in [7, 11) is 0. The number of benzene rings is 1. The molecule has 1 aromatic carbocycles. The van der Waals surface area contributed by atoms with Crippen molar-refractivity contribution < 1.29 is 9.59 Å². The third-order valence-electron chi connectivity index (χ3n) is 7.13. The minimum atomic E-state index is -0.284. The first-order valence-corrected chi connectivity index (χ1v) is 11.9. The molecule has 5 rings (SSSR count).